The van der Waals surface area contributed by atoms with Gasteiger partial charge in [-0.05, 0) is 30.7 Å². The summed E-state index contributed by atoms with van der Waals surface area (Å²) in [5.41, 5.74) is 6.09. The SMILES string of the molecule is N=C(N)c1ccc(OC2COC3CCOC32)cc1. The maximum atomic E-state index is 7.32. The molecule has 18 heavy (non-hydrogen) atoms. The van der Waals surface area contributed by atoms with Crippen LogP contribution in [0.5, 0.6) is 5.75 Å². The maximum Gasteiger partial charge on any atom is 0.150 e. The van der Waals surface area contributed by atoms with Gasteiger partial charge in [0.25, 0.3) is 0 Å². The van der Waals surface area contributed by atoms with Crippen LogP contribution in [0.15, 0.2) is 24.3 Å². The molecule has 0 bridgehead atoms. The second kappa shape index (κ2) is 4.59. The summed E-state index contributed by atoms with van der Waals surface area (Å²) in [6, 6.07) is 7.19. The van der Waals surface area contributed by atoms with E-state index >= 15 is 0 Å². The summed E-state index contributed by atoms with van der Waals surface area (Å²) in [5.74, 6) is 0.815. The average Bonchev–Trinajstić information content (AvgIpc) is 2.95. The molecule has 0 aromatic heterocycles. The Morgan fingerprint density at radius 2 is 2.06 bits per heavy atom. The fourth-order valence-corrected chi connectivity index (χ4v) is 2.42. The standard InChI is InChI=1S/C13H16N2O3/c14-13(15)8-1-3-9(4-2-8)18-11-7-17-10-5-6-16-12(10)11/h1-4,10-12H,5-7H2,(H3,14,15). The molecule has 2 aliphatic heterocycles. The molecule has 5 heteroatoms. The number of ether oxygens (including phenoxy) is 3. The lowest BCUT2D eigenvalue weighted by molar-refractivity contribution is 0.0308. The molecule has 2 fully saturated rings. The quantitative estimate of drug-likeness (QED) is 0.615. The van der Waals surface area contributed by atoms with Crippen molar-refractivity contribution >= 4 is 5.84 Å². The van der Waals surface area contributed by atoms with Crippen LogP contribution in [0.25, 0.3) is 0 Å². The van der Waals surface area contributed by atoms with E-state index in [0.29, 0.717) is 12.2 Å². The molecule has 3 N–H and O–H groups in total. The first-order valence-electron chi connectivity index (χ1n) is 6.08. The zero-order chi connectivity index (χ0) is 12.5. The van der Waals surface area contributed by atoms with Gasteiger partial charge in [0.05, 0.1) is 12.7 Å². The molecule has 5 nitrogen and oxygen atoms in total. The van der Waals surface area contributed by atoms with Gasteiger partial charge < -0.3 is 19.9 Å². The van der Waals surface area contributed by atoms with E-state index in [0.717, 1.165) is 18.8 Å². The van der Waals surface area contributed by atoms with Crippen molar-refractivity contribution in [2.75, 3.05) is 13.2 Å². The Balaban J connectivity index is 1.67. The van der Waals surface area contributed by atoms with Crippen LogP contribution < -0.4 is 10.5 Å². The van der Waals surface area contributed by atoms with Crippen molar-refractivity contribution in [2.45, 2.75) is 24.7 Å². The summed E-state index contributed by atoms with van der Waals surface area (Å²) < 4.78 is 17.1. The minimum atomic E-state index is -0.0410. The molecule has 0 aliphatic carbocycles. The first kappa shape index (κ1) is 11.5. The minimum Gasteiger partial charge on any atom is -0.485 e. The summed E-state index contributed by atoms with van der Waals surface area (Å²) in [6.07, 6.45) is 1.15. The smallest absolute Gasteiger partial charge is 0.150 e. The summed E-state index contributed by atoms with van der Waals surface area (Å²) in [6.45, 7) is 1.32. The van der Waals surface area contributed by atoms with Gasteiger partial charge in [0.1, 0.15) is 17.7 Å². The Hall–Kier alpha value is -1.59. The fraction of sp³-hybridized carbons (Fsp3) is 0.462. The molecule has 3 atom stereocenters. The largest absolute Gasteiger partial charge is 0.485 e. The highest BCUT2D eigenvalue weighted by atomic mass is 16.6. The van der Waals surface area contributed by atoms with Crippen LogP contribution >= 0.6 is 0 Å². The zero-order valence-electron chi connectivity index (χ0n) is 9.96. The Labute approximate surface area is 105 Å². The topological polar surface area (TPSA) is 77.6 Å². The summed E-state index contributed by atoms with van der Waals surface area (Å²) in [5, 5.41) is 7.32. The highest BCUT2D eigenvalue weighted by Crippen LogP contribution is 2.29. The predicted octanol–water partition coefficient (Wildman–Crippen LogP) is 0.906. The lowest BCUT2D eigenvalue weighted by atomic mass is 10.1. The lowest BCUT2D eigenvalue weighted by Gasteiger charge is -2.18. The molecule has 0 amide bonds. The van der Waals surface area contributed by atoms with Gasteiger partial charge in [-0.25, -0.2) is 0 Å². The van der Waals surface area contributed by atoms with E-state index in [2.05, 4.69) is 0 Å². The molecule has 2 heterocycles. The van der Waals surface area contributed by atoms with Crippen LogP contribution in [0.1, 0.15) is 12.0 Å². The zero-order valence-corrected chi connectivity index (χ0v) is 9.96. The van der Waals surface area contributed by atoms with E-state index in [1.165, 1.54) is 0 Å². The van der Waals surface area contributed by atoms with E-state index in [-0.39, 0.29) is 24.1 Å². The number of nitrogen functional groups attached to an aromatic ring is 1. The number of rotatable bonds is 3. The van der Waals surface area contributed by atoms with Crippen LogP contribution in [0.4, 0.5) is 0 Å². The molecule has 1 aromatic carbocycles. The van der Waals surface area contributed by atoms with Gasteiger partial charge in [0.2, 0.25) is 0 Å². The van der Waals surface area contributed by atoms with Crippen molar-refractivity contribution in [2.24, 2.45) is 5.73 Å². The van der Waals surface area contributed by atoms with E-state index in [9.17, 15) is 0 Å². The molecular weight excluding hydrogens is 232 g/mol. The van der Waals surface area contributed by atoms with Crippen molar-refractivity contribution in [3.63, 3.8) is 0 Å². The summed E-state index contributed by atoms with van der Waals surface area (Å²) in [7, 11) is 0. The van der Waals surface area contributed by atoms with Gasteiger partial charge in [-0.3, -0.25) is 5.41 Å². The third-order valence-electron chi connectivity index (χ3n) is 3.37. The molecule has 2 saturated heterocycles. The van der Waals surface area contributed by atoms with Crippen LogP contribution in [0, 0.1) is 5.41 Å². The van der Waals surface area contributed by atoms with Gasteiger partial charge in [-0.2, -0.15) is 0 Å². The number of nitrogens with one attached hydrogen (secondary N) is 1. The number of nitrogens with two attached hydrogens (primary N) is 1. The van der Waals surface area contributed by atoms with Gasteiger partial charge >= 0.3 is 0 Å². The monoisotopic (exact) mass is 248 g/mol. The molecule has 3 unspecified atom stereocenters. The first-order chi connectivity index (χ1) is 8.74. The van der Waals surface area contributed by atoms with Crippen LogP contribution in [0.2, 0.25) is 0 Å². The number of benzene rings is 1. The van der Waals surface area contributed by atoms with E-state index in [4.69, 9.17) is 25.4 Å². The molecule has 2 aliphatic rings. The molecule has 0 radical (unpaired) electrons. The number of hydrogen-bond acceptors (Lipinski definition) is 4. The second-order valence-corrected chi connectivity index (χ2v) is 4.59. The van der Waals surface area contributed by atoms with Crippen LogP contribution in [0.3, 0.4) is 0 Å². The highest BCUT2D eigenvalue weighted by Gasteiger charge is 2.43. The molecule has 0 saturated carbocycles. The van der Waals surface area contributed by atoms with Gasteiger partial charge in [-0.15, -0.1) is 0 Å². The Morgan fingerprint density at radius 1 is 1.28 bits per heavy atom. The number of amidine groups is 1. The third-order valence-corrected chi connectivity index (χ3v) is 3.37. The van der Waals surface area contributed by atoms with Crippen molar-refractivity contribution in [1.29, 1.82) is 5.41 Å². The Morgan fingerprint density at radius 3 is 2.78 bits per heavy atom. The van der Waals surface area contributed by atoms with E-state index in [1.807, 2.05) is 12.1 Å². The number of hydrogen-bond donors (Lipinski definition) is 2. The molecule has 96 valence electrons. The van der Waals surface area contributed by atoms with Gasteiger partial charge in [0.15, 0.2) is 6.10 Å². The molecule has 0 spiro atoms. The Kier molecular flexibility index (Phi) is 2.93. The highest BCUT2D eigenvalue weighted by molar-refractivity contribution is 5.94. The maximum absolute atomic E-state index is 7.32. The second-order valence-electron chi connectivity index (χ2n) is 4.59. The number of fused-ring (bicyclic) bond motifs is 1. The first-order valence-corrected chi connectivity index (χ1v) is 6.08. The fourth-order valence-electron chi connectivity index (χ4n) is 2.42. The average molecular weight is 248 g/mol. The lowest BCUT2D eigenvalue weighted by Crippen LogP contribution is -2.32. The van der Waals surface area contributed by atoms with Crippen LogP contribution in [-0.2, 0) is 9.47 Å². The summed E-state index contributed by atoms with van der Waals surface area (Å²) in [4.78, 5) is 0. The van der Waals surface area contributed by atoms with Crippen molar-refractivity contribution in [3.05, 3.63) is 29.8 Å². The normalized spacial score (nSPS) is 30.1. The van der Waals surface area contributed by atoms with Gasteiger partial charge in [-0.1, -0.05) is 0 Å². The van der Waals surface area contributed by atoms with E-state index < -0.39 is 0 Å². The van der Waals surface area contributed by atoms with E-state index in [1.54, 1.807) is 12.1 Å². The van der Waals surface area contributed by atoms with Crippen molar-refractivity contribution in [1.82, 2.24) is 0 Å². The van der Waals surface area contributed by atoms with Crippen molar-refractivity contribution < 1.29 is 14.2 Å². The molecular formula is C13H16N2O3. The summed E-state index contributed by atoms with van der Waals surface area (Å²) >= 11 is 0. The minimum absolute atomic E-state index is 0.0410. The third kappa shape index (κ3) is 2.07. The van der Waals surface area contributed by atoms with Gasteiger partial charge in [0, 0.05) is 12.2 Å². The van der Waals surface area contributed by atoms with Crippen molar-refractivity contribution in [3.8, 4) is 5.75 Å². The molecule has 3 rings (SSSR count). The predicted molar refractivity (Wildman–Crippen MR) is 66.0 cm³/mol. The molecule has 1 aromatic rings. The Bertz CT molecular complexity index is 446. The van der Waals surface area contributed by atoms with Crippen LogP contribution in [-0.4, -0.2) is 37.4 Å².